The van der Waals surface area contributed by atoms with Crippen molar-refractivity contribution >= 4 is 0 Å². The van der Waals surface area contributed by atoms with Crippen molar-refractivity contribution in [1.29, 1.82) is 0 Å². The van der Waals surface area contributed by atoms with Gasteiger partial charge in [-0.05, 0) is 20.8 Å². The van der Waals surface area contributed by atoms with E-state index < -0.39 is 6.10 Å². The van der Waals surface area contributed by atoms with Crippen LogP contribution < -0.4 is 0 Å². The Morgan fingerprint density at radius 3 is 2.25 bits per heavy atom. The molecule has 4 nitrogen and oxygen atoms in total. The van der Waals surface area contributed by atoms with Gasteiger partial charge in [0, 0.05) is 7.11 Å². The van der Waals surface area contributed by atoms with Gasteiger partial charge in [0.25, 0.3) is 0 Å². The molecule has 1 N–H and O–H groups in total. The monoisotopic (exact) mass is 232 g/mol. The van der Waals surface area contributed by atoms with Crippen molar-refractivity contribution in [1.82, 2.24) is 0 Å². The molecule has 0 aliphatic carbocycles. The lowest BCUT2D eigenvalue weighted by Gasteiger charge is -2.22. The molecular formula is C12H24O4. The van der Waals surface area contributed by atoms with E-state index in [-0.39, 0.29) is 18.3 Å². The van der Waals surface area contributed by atoms with E-state index in [9.17, 15) is 0 Å². The molecule has 0 saturated carbocycles. The molecule has 0 aromatic rings. The maximum atomic E-state index is 9.04. The summed E-state index contributed by atoms with van der Waals surface area (Å²) in [5.74, 6) is 0. The predicted molar refractivity (Wildman–Crippen MR) is 63.5 cm³/mol. The highest BCUT2D eigenvalue weighted by Crippen LogP contribution is 2.05. The lowest BCUT2D eigenvalue weighted by molar-refractivity contribution is -0.0791. The van der Waals surface area contributed by atoms with Gasteiger partial charge in [0.15, 0.2) is 0 Å². The zero-order valence-electron chi connectivity index (χ0n) is 10.7. The van der Waals surface area contributed by atoms with Crippen LogP contribution in [0.4, 0.5) is 0 Å². The first-order valence-corrected chi connectivity index (χ1v) is 5.57. The number of methoxy groups -OCH3 is 1. The third-order valence-corrected chi connectivity index (χ3v) is 2.18. The van der Waals surface area contributed by atoms with Gasteiger partial charge in [-0.1, -0.05) is 6.08 Å². The Labute approximate surface area is 98.2 Å². The maximum absolute atomic E-state index is 9.04. The standard InChI is InChI=1S/C12H24O4/c1-6-12(14-5)11(4)16-8-10(3)15-7-9(2)13/h6,9-13H,1,7-8H2,2-5H3. The highest BCUT2D eigenvalue weighted by molar-refractivity contribution is 4.84. The van der Waals surface area contributed by atoms with Crippen molar-refractivity contribution in [3.63, 3.8) is 0 Å². The Balaban J connectivity index is 3.73. The molecule has 0 bridgehead atoms. The average molecular weight is 232 g/mol. The van der Waals surface area contributed by atoms with Crippen LogP contribution in [0.5, 0.6) is 0 Å². The summed E-state index contributed by atoms with van der Waals surface area (Å²) >= 11 is 0. The van der Waals surface area contributed by atoms with E-state index in [4.69, 9.17) is 19.3 Å². The van der Waals surface area contributed by atoms with Gasteiger partial charge in [-0.15, -0.1) is 6.58 Å². The van der Waals surface area contributed by atoms with Gasteiger partial charge in [-0.3, -0.25) is 0 Å². The van der Waals surface area contributed by atoms with Crippen molar-refractivity contribution < 1.29 is 19.3 Å². The summed E-state index contributed by atoms with van der Waals surface area (Å²) in [5, 5.41) is 9.04. The zero-order valence-corrected chi connectivity index (χ0v) is 10.7. The van der Waals surface area contributed by atoms with Gasteiger partial charge < -0.3 is 19.3 Å². The molecule has 0 spiro atoms. The molecule has 96 valence electrons. The molecule has 16 heavy (non-hydrogen) atoms. The number of ether oxygens (including phenoxy) is 3. The summed E-state index contributed by atoms with van der Waals surface area (Å²) < 4.78 is 16.1. The molecule has 0 heterocycles. The number of hydrogen-bond donors (Lipinski definition) is 1. The van der Waals surface area contributed by atoms with Crippen molar-refractivity contribution in [2.75, 3.05) is 20.3 Å². The second-order valence-electron chi connectivity index (χ2n) is 3.97. The Kier molecular flexibility index (Phi) is 8.47. The lowest BCUT2D eigenvalue weighted by Crippen LogP contribution is -2.30. The maximum Gasteiger partial charge on any atom is 0.101 e. The molecule has 0 aliphatic rings. The molecule has 0 saturated heterocycles. The van der Waals surface area contributed by atoms with Crippen LogP contribution in [0.1, 0.15) is 20.8 Å². The third kappa shape index (κ3) is 6.95. The molecule has 0 radical (unpaired) electrons. The summed E-state index contributed by atoms with van der Waals surface area (Å²) in [4.78, 5) is 0. The number of aliphatic hydroxyl groups excluding tert-OH is 1. The van der Waals surface area contributed by atoms with Gasteiger partial charge in [-0.25, -0.2) is 0 Å². The van der Waals surface area contributed by atoms with E-state index in [1.807, 2.05) is 13.8 Å². The first-order chi connectivity index (χ1) is 7.51. The average Bonchev–Trinajstić information content (AvgIpc) is 2.25. The molecular weight excluding hydrogens is 208 g/mol. The van der Waals surface area contributed by atoms with Crippen molar-refractivity contribution in [3.05, 3.63) is 12.7 Å². The molecule has 0 rings (SSSR count). The smallest absolute Gasteiger partial charge is 0.101 e. The zero-order chi connectivity index (χ0) is 12.6. The Morgan fingerprint density at radius 2 is 1.81 bits per heavy atom. The van der Waals surface area contributed by atoms with Crippen LogP contribution in [-0.2, 0) is 14.2 Å². The molecule has 0 aromatic carbocycles. The van der Waals surface area contributed by atoms with Crippen LogP contribution in [0.25, 0.3) is 0 Å². The lowest BCUT2D eigenvalue weighted by atomic mass is 10.2. The first kappa shape index (κ1) is 15.6. The van der Waals surface area contributed by atoms with E-state index in [1.54, 1.807) is 20.1 Å². The highest BCUT2D eigenvalue weighted by Gasteiger charge is 2.15. The SMILES string of the molecule is C=CC(OC)C(C)OCC(C)OCC(C)O. The van der Waals surface area contributed by atoms with Gasteiger partial charge in [-0.2, -0.15) is 0 Å². The fourth-order valence-electron chi connectivity index (χ4n) is 1.21. The highest BCUT2D eigenvalue weighted by atomic mass is 16.6. The molecule has 0 aliphatic heterocycles. The quantitative estimate of drug-likeness (QED) is 0.610. The summed E-state index contributed by atoms with van der Waals surface area (Å²) in [6.45, 7) is 10.00. The minimum atomic E-state index is -0.445. The van der Waals surface area contributed by atoms with Crippen LogP contribution in [-0.4, -0.2) is 49.8 Å². The molecule has 0 aromatic heterocycles. The third-order valence-electron chi connectivity index (χ3n) is 2.18. The van der Waals surface area contributed by atoms with Crippen LogP contribution in [0.3, 0.4) is 0 Å². The molecule has 4 atom stereocenters. The van der Waals surface area contributed by atoms with Crippen molar-refractivity contribution in [2.45, 2.75) is 45.2 Å². The van der Waals surface area contributed by atoms with E-state index in [0.717, 1.165) is 0 Å². The van der Waals surface area contributed by atoms with E-state index in [2.05, 4.69) is 6.58 Å². The topological polar surface area (TPSA) is 47.9 Å². The molecule has 4 unspecified atom stereocenters. The summed E-state index contributed by atoms with van der Waals surface area (Å²) in [6, 6.07) is 0. The first-order valence-electron chi connectivity index (χ1n) is 5.57. The Bertz CT molecular complexity index is 182. The minimum Gasteiger partial charge on any atom is -0.391 e. The number of aliphatic hydroxyl groups is 1. The van der Waals surface area contributed by atoms with Gasteiger partial charge in [0.1, 0.15) is 6.10 Å². The van der Waals surface area contributed by atoms with Crippen LogP contribution in [0.2, 0.25) is 0 Å². The Morgan fingerprint density at radius 1 is 1.19 bits per heavy atom. The predicted octanol–water partition coefficient (Wildman–Crippen LogP) is 1.38. The normalized spacial score (nSPS) is 18.8. The summed E-state index contributed by atoms with van der Waals surface area (Å²) in [6.07, 6.45) is 1.06. The second kappa shape index (κ2) is 8.70. The minimum absolute atomic E-state index is 0.0422. The fraction of sp³-hybridized carbons (Fsp3) is 0.833. The second-order valence-corrected chi connectivity index (χ2v) is 3.97. The fourth-order valence-corrected chi connectivity index (χ4v) is 1.21. The largest absolute Gasteiger partial charge is 0.391 e. The summed E-state index contributed by atoms with van der Waals surface area (Å²) in [5.41, 5.74) is 0. The van der Waals surface area contributed by atoms with Crippen LogP contribution >= 0.6 is 0 Å². The van der Waals surface area contributed by atoms with Crippen molar-refractivity contribution in [2.24, 2.45) is 0 Å². The molecule has 0 amide bonds. The Hall–Kier alpha value is -0.420. The number of hydrogen-bond acceptors (Lipinski definition) is 4. The van der Waals surface area contributed by atoms with Crippen LogP contribution in [0, 0.1) is 0 Å². The van der Waals surface area contributed by atoms with Gasteiger partial charge >= 0.3 is 0 Å². The summed E-state index contributed by atoms with van der Waals surface area (Å²) in [7, 11) is 1.62. The number of rotatable bonds is 9. The van der Waals surface area contributed by atoms with Crippen molar-refractivity contribution in [3.8, 4) is 0 Å². The van der Waals surface area contributed by atoms with Gasteiger partial charge in [0.2, 0.25) is 0 Å². The van der Waals surface area contributed by atoms with E-state index in [1.165, 1.54) is 0 Å². The molecule has 4 heteroatoms. The van der Waals surface area contributed by atoms with E-state index in [0.29, 0.717) is 13.2 Å². The van der Waals surface area contributed by atoms with Gasteiger partial charge in [0.05, 0.1) is 31.5 Å². The van der Waals surface area contributed by atoms with Crippen LogP contribution in [0.15, 0.2) is 12.7 Å². The van der Waals surface area contributed by atoms with E-state index >= 15 is 0 Å². The molecule has 0 fully saturated rings.